The summed E-state index contributed by atoms with van der Waals surface area (Å²) in [5.74, 6) is 0.115. The van der Waals surface area contributed by atoms with E-state index in [2.05, 4.69) is 6.07 Å². The van der Waals surface area contributed by atoms with E-state index in [0.717, 1.165) is 35.1 Å². The van der Waals surface area contributed by atoms with E-state index in [1.165, 1.54) is 0 Å². The lowest BCUT2D eigenvalue weighted by molar-refractivity contribution is 0.103. The zero-order chi connectivity index (χ0) is 11.0. The molecule has 0 spiro atoms. The van der Waals surface area contributed by atoms with Gasteiger partial charge in [-0.3, -0.25) is 4.79 Å². The Hall–Kier alpha value is -1.89. The summed E-state index contributed by atoms with van der Waals surface area (Å²) >= 11 is 0. The zero-order valence-corrected chi connectivity index (χ0v) is 8.86. The minimum atomic E-state index is 0.115. The summed E-state index contributed by atoms with van der Waals surface area (Å²) in [6, 6.07) is 16.7. The van der Waals surface area contributed by atoms with Gasteiger partial charge in [-0.15, -0.1) is 0 Å². The van der Waals surface area contributed by atoms with Crippen LogP contribution in [-0.2, 0) is 12.8 Å². The molecule has 3 rings (SSSR count). The van der Waals surface area contributed by atoms with Gasteiger partial charge in [-0.05, 0) is 30.0 Å². The van der Waals surface area contributed by atoms with Crippen LogP contribution in [0.1, 0.15) is 27.0 Å². The van der Waals surface area contributed by atoms with E-state index in [4.69, 9.17) is 0 Å². The normalized spacial score (nSPS) is 13.9. The highest BCUT2D eigenvalue weighted by molar-refractivity contribution is 6.11. The lowest BCUT2D eigenvalue weighted by atomic mass is 9.99. The molecule has 1 aliphatic rings. The monoisotopic (exact) mass is 207 g/mol. The van der Waals surface area contributed by atoms with Gasteiger partial charge >= 0.3 is 0 Å². The molecule has 0 N–H and O–H groups in total. The second-order valence-electron chi connectivity index (χ2n) is 4.06. The molecule has 1 heteroatoms. The van der Waals surface area contributed by atoms with E-state index in [1.807, 2.05) is 42.5 Å². The molecule has 0 bridgehead atoms. The van der Waals surface area contributed by atoms with Crippen molar-refractivity contribution in [3.63, 3.8) is 0 Å². The standard InChI is InChI=1S/C15H11O/c16-15-13-7-3-1-5-11(13)9-10-12-6-2-4-8-14(12)15/h1-7H,9-10H2. The summed E-state index contributed by atoms with van der Waals surface area (Å²) in [4.78, 5) is 12.3. The Morgan fingerprint density at radius 2 is 1.69 bits per heavy atom. The number of hydrogen-bond acceptors (Lipinski definition) is 1. The van der Waals surface area contributed by atoms with E-state index in [1.54, 1.807) is 0 Å². The van der Waals surface area contributed by atoms with E-state index >= 15 is 0 Å². The minimum Gasteiger partial charge on any atom is -0.289 e. The van der Waals surface area contributed by atoms with Crippen molar-refractivity contribution in [3.05, 3.63) is 70.8 Å². The molecule has 0 heterocycles. The maximum absolute atomic E-state index is 12.3. The minimum absolute atomic E-state index is 0.115. The first-order chi connectivity index (χ1) is 7.86. The van der Waals surface area contributed by atoms with Crippen LogP contribution in [-0.4, -0.2) is 5.78 Å². The molecule has 1 radical (unpaired) electrons. The molecule has 2 aromatic carbocycles. The van der Waals surface area contributed by atoms with Crippen LogP contribution in [0.2, 0.25) is 0 Å². The van der Waals surface area contributed by atoms with Gasteiger partial charge < -0.3 is 0 Å². The van der Waals surface area contributed by atoms with Gasteiger partial charge in [-0.1, -0.05) is 42.5 Å². The van der Waals surface area contributed by atoms with Gasteiger partial charge in [0.2, 0.25) is 0 Å². The third kappa shape index (κ3) is 1.36. The molecule has 0 saturated carbocycles. The van der Waals surface area contributed by atoms with Crippen LogP contribution in [0.5, 0.6) is 0 Å². The van der Waals surface area contributed by atoms with E-state index in [9.17, 15) is 4.79 Å². The first kappa shape index (κ1) is 9.34. The number of fused-ring (bicyclic) bond motifs is 2. The van der Waals surface area contributed by atoms with Gasteiger partial charge in [0.25, 0.3) is 0 Å². The maximum atomic E-state index is 12.3. The highest BCUT2D eigenvalue weighted by Gasteiger charge is 2.19. The van der Waals surface area contributed by atoms with Crippen molar-refractivity contribution in [2.24, 2.45) is 0 Å². The number of hydrogen-bond donors (Lipinski definition) is 0. The quantitative estimate of drug-likeness (QED) is 0.649. The molecule has 16 heavy (non-hydrogen) atoms. The van der Waals surface area contributed by atoms with Crippen LogP contribution < -0.4 is 0 Å². The first-order valence-corrected chi connectivity index (χ1v) is 5.48. The summed E-state index contributed by atoms with van der Waals surface area (Å²) in [6.07, 6.45) is 1.86. The lowest BCUT2D eigenvalue weighted by Gasteiger charge is -2.03. The van der Waals surface area contributed by atoms with Gasteiger partial charge in [0.05, 0.1) is 0 Å². The molecule has 0 fully saturated rings. The molecule has 1 nitrogen and oxygen atoms in total. The van der Waals surface area contributed by atoms with Crippen LogP contribution >= 0.6 is 0 Å². The van der Waals surface area contributed by atoms with Crippen LogP contribution in [0.3, 0.4) is 0 Å². The molecular weight excluding hydrogens is 196 g/mol. The Labute approximate surface area is 94.7 Å². The fourth-order valence-electron chi connectivity index (χ4n) is 2.26. The second kappa shape index (κ2) is 3.60. The van der Waals surface area contributed by atoms with E-state index in [0.29, 0.717) is 0 Å². The largest absolute Gasteiger partial charge is 0.289 e. The fraction of sp³-hybridized carbons (Fsp3) is 0.133. The average molecular weight is 207 g/mol. The molecule has 77 valence electrons. The van der Waals surface area contributed by atoms with Crippen molar-refractivity contribution in [3.8, 4) is 0 Å². The lowest BCUT2D eigenvalue weighted by Crippen LogP contribution is -2.03. The summed E-state index contributed by atoms with van der Waals surface area (Å²) in [7, 11) is 0. The van der Waals surface area contributed by atoms with Gasteiger partial charge in [0.15, 0.2) is 5.78 Å². The molecule has 0 amide bonds. The van der Waals surface area contributed by atoms with Crippen molar-refractivity contribution >= 4 is 5.78 Å². The Bertz CT molecular complexity index is 505. The van der Waals surface area contributed by atoms with E-state index in [-0.39, 0.29) is 5.78 Å². The Kier molecular flexibility index (Phi) is 2.10. The number of rotatable bonds is 0. The molecule has 2 aromatic rings. The predicted octanol–water partition coefficient (Wildman–Crippen LogP) is 2.82. The van der Waals surface area contributed by atoms with Crippen LogP contribution in [0, 0.1) is 6.07 Å². The zero-order valence-electron chi connectivity index (χ0n) is 8.86. The van der Waals surface area contributed by atoms with Gasteiger partial charge in [0, 0.05) is 11.1 Å². The maximum Gasteiger partial charge on any atom is 0.194 e. The first-order valence-electron chi connectivity index (χ1n) is 5.48. The number of carbonyl (C=O) groups excluding carboxylic acids is 1. The third-order valence-corrected chi connectivity index (χ3v) is 3.10. The topological polar surface area (TPSA) is 17.1 Å². The molecule has 0 saturated heterocycles. The Morgan fingerprint density at radius 3 is 2.62 bits per heavy atom. The Balaban J connectivity index is 2.22. The van der Waals surface area contributed by atoms with Crippen molar-refractivity contribution in [1.82, 2.24) is 0 Å². The van der Waals surface area contributed by atoms with Gasteiger partial charge in [0.1, 0.15) is 0 Å². The highest BCUT2D eigenvalue weighted by Crippen LogP contribution is 2.23. The van der Waals surface area contributed by atoms with Crippen LogP contribution in [0.25, 0.3) is 0 Å². The third-order valence-electron chi connectivity index (χ3n) is 3.10. The number of benzene rings is 2. The van der Waals surface area contributed by atoms with Crippen molar-refractivity contribution < 1.29 is 4.79 Å². The second-order valence-corrected chi connectivity index (χ2v) is 4.06. The van der Waals surface area contributed by atoms with Crippen LogP contribution in [0.15, 0.2) is 42.5 Å². The Morgan fingerprint density at radius 1 is 0.938 bits per heavy atom. The number of aryl methyl sites for hydroxylation is 2. The molecule has 0 aliphatic heterocycles. The molecular formula is C15H11O. The fourth-order valence-corrected chi connectivity index (χ4v) is 2.26. The van der Waals surface area contributed by atoms with E-state index < -0.39 is 0 Å². The van der Waals surface area contributed by atoms with Crippen LogP contribution in [0.4, 0.5) is 0 Å². The van der Waals surface area contributed by atoms with Crippen molar-refractivity contribution in [1.29, 1.82) is 0 Å². The number of ketones is 1. The van der Waals surface area contributed by atoms with Crippen molar-refractivity contribution in [2.45, 2.75) is 12.8 Å². The summed E-state index contributed by atoms with van der Waals surface area (Å²) < 4.78 is 0. The molecule has 1 aliphatic carbocycles. The molecule has 0 atom stereocenters. The van der Waals surface area contributed by atoms with Gasteiger partial charge in [-0.2, -0.15) is 0 Å². The predicted molar refractivity (Wildman–Crippen MR) is 62.6 cm³/mol. The smallest absolute Gasteiger partial charge is 0.194 e. The summed E-state index contributed by atoms with van der Waals surface area (Å²) in [5.41, 5.74) is 3.84. The molecule has 0 aromatic heterocycles. The average Bonchev–Trinajstić information content (AvgIpc) is 2.49. The molecule has 0 unspecified atom stereocenters. The van der Waals surface area contributed by atoms with Gasteiger partial charge in [-0.25, -0.2) is 0 Å². The SMILES string of the molecule is O=C1c2[c]cccc2CCc2ccccc21. The highest BCUT2D eigenvalue weighted by atomic mass is 16.1. The number of carbonyl (C=O) groups is 1. The van der Waals surface area contributed by atoms with Crippen molar-refractivity contribution in [2.75, 3.05) is 0 Å². The summed E-state index contributed by atoms with van der Waals surface area (Å²) in [5, 5.41) is 0. The summed E-state index contributed by atoms with van der Waals surface area (Å²) in [6.45, 7) is 0.